The number of nitrogen functional groups attached to an aromatic ring is 1. The molecule has 2 aromatic rings. The maximum Gasteiger partial charge on any atom is 0.416 e. The van der Waals surface area contributed by atoms with Crippen molar-refractivity contribution in [1.82, 2.24) is 15.0 Å². The Morgan fingerprint density at radius 1 is 1.14 bits per heavy atom. The lowest BCUT2D eigenvalue weighted by atomic mass is 9.91. The third-order valence-corrected chi connectivity index (χ3v) is 3.17. The molecule has 0 spiro atoms. The fourth-order valence-electron chi connectivity index (χ4n) is 2.18. The van der Waals surface area contributed by atoms with Gasteiger partial charge in [-0.1, -0.05) is 32.1 Å². The van der Waals surface area contributed by atoms with Crippen molar-refractivity contribution in [2.75, 3.05) is 5.73 Å². The lowest BCUT2D eigenvalue weighted by Gasteiger charge is -2.21. The van der Waals surface area contributed by atoms with E-state index in [1.165, 1.54) is 10.7 Å². The van der Waals surface area contributed by atoms with Crippen LogP contribution in [0.25, 0.3) is 5.69 Å². The van der Waals surface area contributed by atoms with E-state index in [-0.39, 0.29) is 5.82 Å². The number of aryl methyl sites for hydroxylation is 1. The van der Waals surface area contributed by atoms with Gasteiger partial charge in [0.2, 0.25) is 0 Å². The number of halogens is 3. The monoisotopic (exact) mass is 298 g/mol. The first-order chi connectivity index (χ1) is 9.51. The predicted molar refractivity (Wildman–Crippen MR) is 74.2 cm³/mol. The maximum atomic E-state index is 12.9. The number of nitrogens with two attached hydrogens (primary N) is 1. The average molecular weight is 298 g/mol. The quantitative estimate of drug-likeness (QED) is 0.877. The predicted octanol–water partition coefficient (Wildman–Crippen LogP) is 3.47. The van der Waals surface area contributed by atoms with Crippen LogP contribution in [0.1, 0.15) is 37.6 Å². The number of hydrogen-bond acceptors (Lipinski definition) is 3. The number of rotatable bonds is 1. The van der Waals surface area contributed by atoms with Gasteiger partial charge in [0.1, 0.15) is 0 Å². The summed E-state index contributed by atoms with van der Waals surface area (Å²) in [5, 5.41) is 7.71. The Balaban J connectivity index is 2.68. The van der Waals surface area contributed by atoms with Crippen LogP contribution in [-0.2, 0) is 11.6 Å². The summed E-state index contributed by atoms with van der Waals surface area (Å²) in [7, 11) is 0. The Kier molecular flexibility index (Phi) is 3.47. The lowest BCUT2D eigenvalue weighted by molar-refractivity contribution is -0.137. The topological polar surface area (TPSA) is 56.7 Å². The van der Waals surface area contributed by atoms with Crippen molar-refractivity contribution in [1.29, 1.82) is 0 Å². The van der Waals surface area contributed by atoms with E-state index in [9.17, 15) is 13.2 Å². The zero-order valence-electron chi connectivity index (χ0n) is 12.3. The van der Waals surface area contributed by atoms with E-state index in [2.05, 4.69) is 10.3 Å². The van der Waals surface area contributed by atoms with E-state index in [4.69, 9.17) is 5.73 Å². The minimum absolute atomic E-state index is 0.222. The lowest BCUT2D eigenvalue weighted by Crippen LogP contribution is -2.20. The van der Waals surface area contributed by atoms with Gasteiger partial charge < -0.3 is 5.73 Å². The van der Waals surface area contributed by atoms with Crippen molar-refractivity contribution in [2.24, 2.45) is 0 Å². The molecule has 0 aliphatic carbocycles. The third-order valence-electron chi connectivity index (χ3n) is 3.17. The SMILES string of the molecule is Cc1ccc(C(F)(F)F)cc1-n1nnc(N)c1C(C)(C)C. The second-order valence-corrected chi connectivity index (χ2v) is 5.98. The first-order valence-corrected chi connectivity index (χ1v) is 6.41. The molecule has 0 atom stereocenters. The highest BCUT2D eigenvalue weighted by atomic mass is 19.4. The first-order valence-electron chi connectivity index (χ1n) is 6.41. The third kappa shape index (κ3) is 2.86. The summed E-state index contributed by atoms with van der Waals surface area (Å²) in [6.45, 7) is 7.43. The van der Waals surface area contributed by atoms with Crippen LogP contribution in [0.2, 0.25) is 0 Å². The number of anilines is 1. The van der Waals surface area contributed by atoms with Gasteiger partial charge in [0, 0.05) is 5.41 Å². The molecule has 0 fully saturated rings. The second-order valence-electron chi connectivity index (χ2n) is 5.98. The van der Waals surface area contributed by atoms with E-state index >= 15 is 0 Å². The van der Waals surface area contributed by atoms with Crippen LogP contribution in [0.4, 0.5) is 19.0 Å². The van der Waals surface area contributed by atoms with Crippen molar-refractivity contribution in [3.63, 3.8) is 0 Å². The van der Waals surface area contributed by atoms with Gasteiger partial charge in [-0.15, -0.1) is 5.10 Å². The summed E-state index contributed by atoms with van der Waals surface area (Å²) in [5.74, 6) is 0.222. The summed E-state index contributed by atoms with van der Waals surface area (Å²) >= 11 is 0. The number of alkyl halides is 3. The minimum Gasteiger partial charge on any atom is -0.381 e. The molecule has 0 amide bonds. The van der Waals surface area contributed by atoms with Crippen LogP contribution in [0.15, 0.2) is 18.2 Å². The van der Waals surface area contributed by atoms with Crippen LogP contribution >= 0.6 is 0 Å². The Morgan fingerprint density at radius 3 is 2.29 bits per heavy atom. The number of hydrogen-bond donors (Lipinski definition) is 1. The largest absolute Gasteiger partial charge is 0.416 e. The Hall–Kier alpha value is -2.05. The van der Waals surface area contributed by atoms with E-state index in [1.807, 2.05) is 20.8 Å². The zero-order valence-corrected chi connectivity index (χ0v) is 12.3. The molecule has 0 aliphatic rings. The molecule has 2 rings (SSSR count). The van der Waals surface area contributed by atoms with Crippen molar-refractivity contribution in [3.8, 4) is 5.69 Å². The Labute approximate surface area is 120 Å². The molecule has 0 aliphatic heterocycles. The molecule has 0 saturated carbocycles. The van der Waals surface area contributed by atoms with Gasteiger partial charge in [0.15, 0.2) is 5.82 Å². The number of nitrogens with zero attached hydrogens (tertiary/aromatic N) is 3. The van der Waals surface area contributed by atoms with Crippen molar-refractivity contribution < 1.29 is 13.2 Å². The standard InChI is InChI=1S/C14H17F3N4/c1-8-5-6-9(14(15,16)17)7-10(8)21-11(13(2,3)4)12(18)19-20-21/h5-7H,18H2,1-4H3. The van der Waals surface area contributed by atoms with Crippen molar-refractivity contribution in [2.45, 2.75) is 39.3 Å². The van der Waals surface area contributed by atoms with Crippen molar-refractivity contribution in [3.05, 3.63) is 35.0 Å². The molecule has 7 heteroatoms. The van der Waals surface area contributed by atoms with Crippen LogP contribution in [0.5, 0.6) is 0 Å². The molecule has 0 radical (unpaired) electrons. The Bertz CT molecular complexity index is 666. The smallest absolute Gasteiger partial charge is 0.381 e. The zero-order chi connectivity index (χ0) is 16.0. The summed E-state index contributed by atoms with van der Waals surface area (Å²) in [6, 6.07) is 3.54. The summed E-state index contributed by atoms with van der Waals surface area (Å²) in [6.07, 6.45) is -4.41. The highest BCUT2D eigenvalue weighted by Gasteiger charge is 2.32. The molecule has 1 aromatic heterocycles. The summed E-state index contributed by atoms with van der Waals surface area (Å²) in [5.41, 5.74) is 6.29. The van der Waals surface area contributed by atoms with Gasteiger partial charge in [-0.3, -0.25) is 0 Å². The molecule has 1 heterocycles. The van der Waals surface area contributed by atoms with Gasteiger partial charge >= 0.3 is 6.18 Å². The van der Waals surface area contributed by atoms with E-state index < -0.39 is 17.2 Å². The average Bonchev–Trinajstić information content (AvgIpc) is 2.69. The summed E-state index contributed by atoms with van der Waals surface area (Å²) in [4.78, 5) is 0. The highest BCUT2D eigenvalue weighted by Crippen LogP contribution is 2.34. The molecule has 4 nitrogen and oxygen atoms in total. The first kappa shape index (κ1) is 15.3. The minimum atomic E-state index is -4.41. The second kappa shape index (κ2) is 4.75. The number of benzene rings is 1. The van der Waals surface area contributed by atoms with Gasteiger partial charge in [0.05, 0.1) is 16.9 Å². The van der Waals surface area contributed by atoms with E-state index in [1.54, 1.807) is 6.92 Å². The fraction of sp³-hybridized carbons (Fsp3) is 0.429. The maximum absolute atomic E-state index is 12.9. The van der Waals surface area contributed by atoms with Gasteiger partial charge in [-0.25, -0.2) is 4.68 Å². The van der Waals surface area contributed by atoms with Gasteiger partial charge in [-0.2, -0.15) is 13.2 Å². The van der Waals surface area contributed by atoms with Crippen LogP contribution in [0.3, 0.4) is 0 Å². The number of aromatic nitrogens is 3. The molecule has 0 bridgehead atoms. The van der Waals surface area contributed by atoms with Crippen LogP contribution < -0.4 is 5.73 Å². The molecular formula is C14H17F3N4. The van der Waals surface area contributed by atoms with Crippen LogP contribution in [0, 0.1) is 6.92 Å². The normalized spacial score (nSPS) is 12.7. The van der Waals surface area contributed by atoms with Crippen molar-refractivity contribution >= 4 is 5.82 Å². The van der Waals surface area contributed by atoms with Crippen LogP contribution in [-0.4, -0.2) is 15.0 Å². The molecule has 114 valence electrons. The highest BCUT2D eigenvalue weighted by molar-refractivity contribution is 5.49. The van der Waals surface area contributed by atoms with E-state index in [0.717, 1.165) is 12.1 Å². The molecule has 21 heavy (non-hydrogen) atoms. The summed E-state index contributed by atoms with van der Waals surface area (Å²) < 4.78 is 40.0. The van der Waals surface area contributed by atoms with Gasteiger partial charge in [0.25, 0.3) is 0 Å². The molecule has 2 N–H and O–H groups in total. The van der Waals surface area contributed by atoms with E-state index in [0.29, 0.717) is 16.9 Å². The fourth-order valence-corrected chi connectivity index (χ4v) is 2.18. The molecule has 1 aromatic carbocycles. The molecule has 0 saturated heterocycles. The molecular weight excluding hydrogens is 281 g/mol. The van der Waals surface area contributed by atoms with Gasteiger partial charge in [-0.05, 0) is 24.6 Å². The molecule has 0 unspecified atom stereocenters. The Morgan fingerprint density at radius 2 is 1.76 bits per heavy atom.